The SMILES string of the molecule is CO[C@H](CCCC(C)C)CCCC(C)(C)C. The van der Waals surface area contributed by atoms with E-state index in [-0.39, 0.29) is 0 Å². The fourth-order valence-corrected chi connectivity index (χ4v) is 1.99. The van der Waals surface area contributed by atoms with Crippen molar-refractivity contribution in [2.45, 2.75) is 79.2 Å². The van der Waals surface area contributed by atoms with Crippen LogP contribution in [0.1, 0.15) is 73.1 Å². The van der Waals surface area contributed by atoms with Gasteiger partial charge < -0.3 is 4.74 Å². The minimum atomic E-state index is 0.468. The highest BCUT2D eigenvalue weighted by atomic mass is 16.5. The van der Waals surface area contributed by atoms with E-state index >= 15 is 0 Å². The summed E-state index contributed by atoms with van der Waals surface area (Å²) in [6.07, 6.45) is 8.19. The minimum Gasteiger partial charge on any atom is -0.381 e. The van der Waals surface area contributed by atoms with E-state index in [0.29, 0.717) is 11.5 Å². The molecule has 0 aliphatic carbocycles. The summed E-state index contributed by atoms with van der Waals surface area (Å²) in [5.41, 5.74) is 0.468. The predicted molar refractivity (Wildman–Crippen MR) is 72.8 cm³/mol. The number of methoxy groups -OCH3 is 1. The average Bonchev–Trinajstić information content (AvgIpc) is 2.13. The summed E-state index contributed by atoms with van der Waals surface area (Å²) in [6, 6.07) is 0. The summed E-state index contributed by atoms with van der Waals surface area (Å²) >= 11 is 0. The molecule has 0 amide bonds. The van der Waals surface area contributed by atoms with Crippen molar-refractivity contribution in [3.63, 3.8) is 0 Å². The van der Waals surface area contributed by atoms with Gasteiger partial charge >= 0.3 is 0 Å². The first-order chi connectivity index (χ1) is 7.35. The molecule has 98 valence electrons. The second-order valence-corrected chi connectivity index (χ2v) is 6.64. The highest BCUT2D eigenvalue weighted by Crippen LogP contribution is 2.23. The van der Waals surface area contributed by atoms with Crippen LogP contribution in [-0.4, -0.2) is 13.2 Å². The summed E-state index contributed by atoms with van der Waals surface area (Å²) in [5, 5.41) is 0. The molecule has 0 aliphatic heterocycles. The molecule has 0 radical (unpaired) electrons. The Labute approximate surface area is 103 Å². The molecule has 1 heteroatoms. The highest BCUT2D eigenvalue weighted by molar-refractivity contribution is 4.65. The van der Waals surface area contributed by atoms with E-state index in [4.69, 9.17) is 4.74 Å². The van der Waals surface area contributed by atoms with Crippen molar-refractivity contribution >= 4 is 0 Å². The van der Waals surface area contributed by atoms with Crippen LogP contribution in [0.4, 0.5) is 0 Å². The fraction of sp³-hybridized carbons (Fsp3) is 1.00. The molecule has 0 spiro atoms. The quantitative estimate of drug-likeness (QED) is 0.565. The molecule has 0 aromatic heterocycles. The molecule has 0 aliphatic rings. The molecule has 0 saturated carbocycles. The summed E-state index contributed by atoms with van der Waals surface area (Å²) < 4.78 is 5.55. The van der Waals surface area contributed by atoms with E-state index in [2.05, 4.69) is 34.6 Å². The van der Waals surface area contributed by atoms with Gasteiger partial charge in [0.05, 0.1) is 6.10 Å². The van der Waals surface area contributed by atoms with Gasteiger partial charge in [0.2, 0.25) is 0 Å². The van der Waals surface area contributed by atoms with Crippen LogP contribution < -0.4 is 0 Å². The molecule has 0 bridgehead atoms. The Morgan fingerprint density at radius 3 is 1.94 bits per heavy atom. The summed E-state index contributed by atoms with van der Waals surface area (Å²) in [4.78, 5) is 0. The molecule has 0 aromatic rings. The Morgan fingerprint density at radius 2 is 1.50 bits per heavy atom. The second-order valence-electron chi connectivity index (χ2n) is 6.64. The first kappa shape index (κ1) is 16.0. The molecular formula is C15H32O. The number of ether oxygens (including phenoxy) is 1. The van der Waals surface area contributed by atoms with Crippen LogP contribution in [0.15, 0.2) is 0 Å². The fourth-order valence-electron chi connectivity index (χ4n) is 1.99. The molecule has 0 heterocycles. The zero-order valence-electron chi connectivity index (χ0n) is 12.3. The Kier molecular flexibility index (Phi) is 8.09. The molecule has 0 saturated heterocycles. The van der Waals surface area contributed by atoms with Crippen LogP contribution in [0.5, 0.6) is 0 Å². The lowest BCUT2D eigenvalue weighted by Gasteiger charge is -2.20. The van der Waals surface area contributed by atoms with Crippen LogP contribution in [0.3, 0.4) is 0 Å². The van der Waals surface area contributed by atoms with Gasteiger partial charge in [-0.3, -0.25) is 0 Å². The summed E-state index contributed by atoms with van der Waals surface area (Å²) in [6.45, 7) is 11.5. The van der Waals surface area contributed by atoms with Crippen molar-refractivity contribution < 1.29 is 4.74 Å². The molecule has 0 unspecified atom stereocenters. The molecule has 0 N–H and O–H groups in total. The van der Waals surface area contributed by atoms with Gasteiger partial charge in [0, 0.05) is 7.11 Å². The van der Waals surface area contributed by atoms with Gasteiger partial charge in [-0.1, -0.05) is 53.9 Å². The van der Waals surface area contributed by atoms with Gasteiger partial charge in [0.25, 0.3) is 0 Å². The first-order valence-electron chi connectivity index (χ1n) is 6.88. The van der Waals surface area contributed by atoms with Crippen LogP contribution in [0, 0.1) is 11.3 Å². The monoisotopic (exact) mass is 228 g/mol. The maximum Gasteiger partial charge on any atom is 0.0571 e. The van der Waals surface area contributed by atoms with Gasteiger partial charge in [0.1, 0.15) is 0 Å². The maximum atomic E-state index is 5.55. The Balaban J connectivity index is 3.59. The van der Waals surface area contributed by atoms with E-state index in [0.717, 1.165) is 5.92 Å². The molecule has 1 atom stereocenters. The first-order valence-corrected chi connectivity index (χ1v) is 6.88. The Bertz CT molecular complexity index is 155. The van der Waals surface area contributed by atoms with Crippen molar-refractivity contribution in [2.75, 3.05) is 7.11 Å². The highest BCUT2D eigenvalue weighted by Gasteiger charge is 2.12. The predicted octanol–water partition coefficient (Wildman–Crippen LogP) is 5.04. The van der Waals surface area contributed by atoms with Crippen LogP contribution in [-0.2, 0) is 4.74 Å². The van der Waals surface area contributed by atoms with Gasteiger partial charge in [-0.25, -0.2) is 0 Å². The van der Waals surface area contributed by atoms with Crippen molar-refractivity contribution in [1.82, 2.24) is 0 Å². The third kappa shape index (κ3) is 10.5. The third-order valence-corrected chi connectivity index (χ3v) is 3.09. The van der Waals surface area contributed by atoms with E-state index < -0.39 is 0 Å². The van der Waals surface area contributed by atoms with Gasteiger partial charge in [-0.2, -0.15) is 0 Å². The molecule has 16 heavy (non-hydrogen) atoms. The number of hydrogen-bond donors (Lipinski definition) is 0. The Morgan fingerprint density at radius 1 is 0.938 bits per heavy atom. The zero-order valence-corrected chi connectivity index (χ0v) is 12.3. The van der Waals surface area contributed by atoms with Crippen molar-refractivity contribution in [1.29, 1.82) is 0 Å². The lowest BCUT2D eigenvalue weighted by atomic mass is 9.89. The molecule has 0 fully saturated rings. The third-order valence-electron chi connectivity index (χ3n) is 3.09. The van der Waals surface area contributed by atoms with E-state index in [9.17, 15) is 0 Å². The summed E-state index contributed by atoms with van der Waals surface area (Å²) in [5.74, 6) is 0.826. The van der Waals surface area contributed by atoms with Gasteiger partial charge in [-0.15, -0.1) is 0 Å². The normalized spacial score (nSPS) is 14.4. The number of rotatable bonds is 8. The maximum absolute atomic E-state index is 5.55. The van der Waals surface area contributed by atoms with Crippen LogP contribution >= 0.6 is 0 Å². The number of hydrogen-bond acceptors (Lipinski definition) is 1. The van der Waals surface area contributed by atoms with Crippen molar-refractivity contribution in [3.05, 3.63) is 0 Å². The molecule has 1 nitrogen and oxygen atoms in total. The minimum absolute atomic E-state index is 0.468. The van der Waals surface area contributed by atoms with Gasteiger partial charge in [-0.05, 0) is 30.6 Å². The molecule has 0 rings (SSSR count). The van der Waals surface area contributed by atoms with Gasteiger partial charge in [0.15, 0.2) is 0 Å². The summed E-state index contributed by atoms with van der Waals surface area (Å²) in [7, 11) is 1.86. The van der Waals surface area contributed by atoms with E-state index in [1.54, 1.807) is 0 Å². The van der Waals surface area contributed by atoms with Crippen LogP contribution in [0.25, 0.3) is 0 Å². The Hall–Kier alpha value is -0.0400. The van der Waals surface area contributed by atoms with Crippen molar-refractivity contribution in [3.8, 4) is 0 Å². The van der Waals surface area contributed by atoms with E-state index in [1.807, 2.05) is 7.11 Å². The topological polar surface area (TPSA) is 9.23 Å². The molecule has 0 aromatic carbocycles. The van der Waals surface area contributed by atoms with Crippen LogP contribution in [0.2, 0.25) is 0 Å². The zero-order chi connectivity index (χ0) is 12.6. The lowest BCUT2D eigenvalue weighted by molar-refractivity contribution is 0.0802. The van der Waals surface area contributed by atoms with Crippen molar-refractivity contribution in [2.24, 2.45) is 11.3 Å². The lowest BCUT2D eigenvalue weighted by Crippen LogP contribution is -2.13. The standard InChI is InChI=1S/C15H32O/c1-13(2)9-7-10-14(16-6)11-8-12-15(3,4)5/h13-14H,7-12H2,1-6H3/t14-/m1/s1. The largest absolute Gasteiger partial charge is 0.381 e. The second kappa shape index (κ2) is 8.11. The smallest absolute Gasteiger partial charge is 0.0571 e. The average molecular weight is 228 g/mol. The van der Waals surface area contributed by atoms with E-state index in [1.165, 1.54) is 38.5 Å². The molecular weight excluding hydrogens is 196 g/mol.